The van der Waals surface area contributed by atoms with Crippen LogP contribution in [0.4, 0.5) is 0 Å². The molecule has 0 radical (unpaired) electrons. The van der Waals surface area contributed by atoms with E-state index >= 15 is 0 Å². The van der Waals surface area contributed by atoms with E-state index < -0.39 is 5.54 Å². The number of hydrogen-bond acceptors (Lipinski definition) is 4. The lowest BCUT2D eigenvalue weighted by atomic mass is 9.91. The molecule has 5 unspecified atom stereocenters. The molecule has 2 fully saturated rings. The lowest BCUT2D eigenvalue weighted by Crippen LogP contribution is -2.33. The van der Waals surface area contributed by atoms with E-state index in [9.17, 15) is 5.11 Å². The highest BCUT2D eigenvalue weighted by Gasteiger charge is 2.78. The van der Waals surface area contributed by atoms with E-state index in [0.717, 1.165) is 12.0 Å². The average molecular weight is 329 g/mol. The van der Waals surface area contributed by atoms with Crippen molar-refractivity contribution in [3.8, 4) is 0 Å². The zero-order valence-electron chi connectivity index (χ0n) is 15.8. The van der Waals surface area contributed by atoms with Gasteiger partial charge in [0.25, 0.3) is 0 Å². The van der Waals surface area contributed by atoms with Crippen molar-refractivity contribution >= 4 is 0 Å². The highest BCUT2D eigenvalue weighted by atomic mass is 16.3. The highest BCUT2D eigenvalue weighted by Crippen LogP contribution is 2.74. The molecule has 5 atom stereocenters. The van der Waals surface area contributed by atoms with Crippen LogP contribution in [0.5, 0.6) is 0 Å². The van der Waals surface area contributed by atoms with E-state index in [2.05, 4.69) is 40.7 Å². The summed E-state index contributed by atoms with van der Waals surface area (Å²) in [7, 11) is 0. The van der Waals surface area contributed by atoms with Gasteiger partial charge >= 0.3 is 0 Å². The molecule has 24 heavy (non-hydrogen) atoms. The number of allylic oxidation sites excluding steroid dienone is 1. The average Bonchev–Trinajstić information content (AvgIpc) is 3.19. The number of aliphatic hydroxyl groups is 1. The van der Waals surface area contributed by atoms with E-state index in [1.807, 2.05) is 6.92 Å². The minimum Gasteiger partial charge on any atom is -0.510 e. The van der Waals surface area contributed by atoms with Gasteiger partial charge < -0.3 is 10.8 Å². The summed E-state index contributed by atoms with van der Waals surface area (Å²) < 4.78 is 0. The zero-order valence-corrected chi connectivity index (χ0v) is 15.8. The second kappa shape index (κ2) is 4.32. The van der Waals surface area contributed by atoms with Crippen LogP contribution in [0.2, 0.25) is 0 Å². The third-order valence-electron chi connectivity index (χ3n) is 8.07. The first-order valence-corrected chi connectivity index (χ1v) is 9.30. The fourth-order valence-electron chi connectivity index (χ4n) is 5.89. The highest BCUT2D eigenvalue weighted by molar-refractivity contribution is 5.44. The fraction of sp³-hybridized carbons (Fsp3) is 0.800. The molecule has 132 valence electrons. The molecular weight excluding hydrogens is 298 g/mol. The van der Waals surface area contributed by atoms with Crippen LogP contribution >= 0.6 is 0 Å². The monoisotopic (exact) mass is 329 g/mol. The number of aliphatic hydroxyl groups excluding tert-OH is 1. The Balaban J connectivity index is 1.76. The van der Waals surface area contributed by atoms with E-state index in [-0.39, 0.29) is 28.3 Å². The molecule has 4 aliphatic carbocycles. The Labute approximate surface area is 145 Å². The van der Waals surface area contributed by atoms with Gasteiger partial charge in [-0.05, 0) is 44.6 Å². The zero-order chi connectivity index (χ0) is 17.7. The van der Waals surface area contributed by atoms with Gasteiger partial charge in [0, 0.05) is 22.8 Å². The molecule has 0 heterocycles. The van der Waals surface area contributed by atoms with Crippen molar-refractivity contribution in [2.75, 3.05) is 0 Å². The Morgan fingerprint density at radius 3 is 2.42 bits per heavy atom. The van der Waals surface area contributed by atoms with Crippen LogP contribution in [0.1, 0.15) is 60.8 Å². The molecule has 4 nitrogen and oxygen atoms in total. The number of azo groups is 1. The van der Waals surface area contributed by atoms with Gasteiger partial charge in [0.15, 0.2) is 0 Å². The summed E-state index contributed by atoms with van der Waals surface area (Å²) >= 11 is 0. The minimum absolute atomic E-state index is 0.0554. The van der Waals surface area contributed by atoms with Crippen molar-refractivity contribution < 1.29 is 5.11 Å². The summed E-state index contributed by atoms with van der Waals surface area (Å²) in [6.45, 7) is 13.1. The Morgan fingerprint density at radius 1 is 1.08 bits per heavy atom. The summed E-state index contributed by atoms with van der Waals surface area (Å²) in [6, 6.07) is -0.0554. The van der Waals surface area contributed by atoms with Crippen molar-refractivity contribution in [3.63, 3.8) is 0 Å². The van der Waals surface area contributed by atoms with Crippen molar-refractivity contribution in [2.24, 2.45) is 38.6 Å². The summed E-state index contributed by atoms with van der Waals surface area (Å²) in [5.74, 6) is 1.24. The van der Waals surface area contributed by atoms with Crippen LogP contribution in [0.15, 0.2) is 33.2 Å². The SMILES string of the molecule is CC1=CC2(N=NC34C(O)=C(C)C(N)CC3C4(C)C)C(CC1)C2(C)C. The summed E-state index contributed by atoms with van der Waals surface area (Å²) in [5, 5.41) is 20.7. The molecule has 0 amide bonds. The van der Waals surface area contributed by atoms with Gasteiger partial charge in [0.2, 0.25) is 0 Å². The Kier molecular flexibility index (Phi) is 2.94. The van der Waals surface area contributed by atoms with Crippen LogP contribution in [0, 0.1) is 22.7 Å². The molecular formula is C20H31N3O. The molecule has 0 saturated heterocycles. The molecule has 0 aromatic rings. The van der Waals surface area contributed by atoms with Crippen molar-refractivity contribution in [2.45, 2.75) is 77.9 Å². The summed E-state index contributed by atoms with van der Waals surface area (Å²) in [5.41, 5.74) is 7.88. The topological polar surface area (TPSA) is 71.0 Å². The van der Waals surface area contributed by atoms with Gasteiger partial charge in [-0.1, -0.05) is 39.3 Å². The number of fused-ring (bicyclic) bond motifs is 2. The maximum Gasteiger partial charge on any atom is 0.147 e. The largest absolute Gasteiger partial charge is 0.510 e. The molecule has 4 rings (SSSR count). The number of hydrogen-bond donors (Lipinski definition) is 2. The number of nitrogens with zero attached hydrogens (tertiary/aromatic N) is 2. The molecule has 0 spiro atoms. The van der Waals surface area contributed by atoms with E-state index in [0.29, 0.717) is 11.7 Å². The molecule has 0 aliphatic heterocycles. The van der Waals surface area contributed by atoms with Gasteiger partial charge in [-0.2, -0.15) is 10.2 Å². The van der Waals surface area contributed by atoms with Crippen molar-refractivity contribution in [3.05, 3.63) is 23.0 Å². The molecule has 2 saturated carbocycles. The third kappa shape index (κ3) is 1.59. The lowest BCUT2D eigenvalue weighted by molar-refractivity contribution is 0.298. The van der Waals surface area contributed by atoms with Gasteiger partial charge in [-0.25, -0.2) is 0 Å². The van der Waals surface area contributed by atoms with Crippen molar-refractivity contribution in [1.82, 2.24) is 0 Å². The summed E-state index contributed by atoms with van der Waals surface area (Å²) in [6.07, 6.45) is 5.59. The van der Waals surface area contributed by atoms with Gasteiger partial charge in [-0.3, -0.25) is 0 Å². The fourth-order valence-corrected chi connectivity index (χ4v) is 5.89. The Bertz CT molecular complexity index is 702. The Hall–Kier alpha value is -1.16. The molecule has 4 aliphatic rings. The van der Waals surface area contributed by atoms with Gasteiger partial charge in [0.1, 0.15) is 16.8 Å². The third-order valence-corrected chi connectivity index (χ3v) is 8.07. The van der Waals surface area contributed by atoms with Crippen molar-refractivity contribution in [1.29, 1.82) is 0 Å². The summed E-state index contributed by atoms with van der Waals surface area (Å²) in [4.78, 5) is 0. The van der Waals surface area contributed by atoms with E-state index in [1.54, 1.807) is 0 Å². The van der Waals surface area contributed by atoms with Gasteiger partial charge in [-0.15, -0.1) is 0 Å². The maximum atomic E-state index is 10.9. The smallest absolute Gasteiger partial charge is 0.147 e. The first kappa shape index (κ1) is 16.3. The van der Waals surface area contributed by atoms with Crippen LogP contribution in [-0.2, 0) is 0 Å². The normalized spacial score (nSPS) is 48.0. The molecule has 3 N–H and O–H groups in total. The maximum absolute atomic E-state index is 10.9. The first-order chi connectivity index (χ1) is 11.0. The van der Waals surface area contributed by atoms with Crippen LogP contribution in [-0.4, -0.2) is 22.2 Å². The van der Waals surface area contributed by atoms with E-state index in [4.69, 9.17) is 16.0 Å². The minimum atomic E-state index is -0.551. The second-order valence-electron chi connectivity index (χ2n) is 9.74. The standard InChI is InChI=1S/C20H31N3O/c1-11-7-8-14-17(3,4)19(14,10-11)22-23-20-15(18(20,5)6)9-13(21)12(2)16(20)24/h10,13-15,24H,7-9,21H2,1-6H3. The van der Waals surface area contributed by atoms with Crippen LogP contribution < -0.4 is 5.73 Å². The number of nitrogens with two attached hydrogens (primary N) is 1. The van der Waals surface area contributed by atoms with E-state index in [1.165, 1.54) is 18.4 Å². The Morgan fingerprint density at radius 2 is 1.75 bits per heavy atom. The molecule has 0 aromatic heterocycles. The molecule has 0 bridgehead atoms. The quantitative estimate of drug-likeness (QED) is 0.577. The first-order valence-electron chi connectivity index (χ1n) is 9.30. The number of rotatable bonds is 2. The predicted octanol–water partition coefficient (Wildman–Crippen LogP) is 4.53. The molecule has 4 heteroatoms. The van der Waals surface area contributed by atoms with Crippen LogP contribution in [0.3, 0.4) is 0 Å². The van der Waals surface area contributed by atoms with Gasteiger partial charge in [0.05, 0.1) is 0 Å². The van der Waals surface area contributed by atoms with Crippen LogP contribution in [0.25, 0.3) is 0 Å². The predicted molar refractivity (Wildman–Crippen MR) is 95.8 cm³/mol. The lowest BCUT2D eigenvalue weighted by Gasteiger charge is -2.25. The second-order valence-corrected chi connectivity index (χ2v) is 9.74. The molecule has 0 aromatic carbocycles.